The van der Waals surface area contributed by atoms with E-state index in [-0.39, 0.29) is 18.4 Å². The van der Waals surface area contributed by atoms with Gasteiger partial charge in [0.25, 0.3) is 11.8 Å². The van der Waals surface area contributed by atoms with E-state index in [0.29, 0.717) is 59.9 Å². The molecule has 4 N–H and O–H groups in total. The number of amides is 2. The number of nitrogens with two attached hydrogens (primary N) is 1. The summed E-state index contributed by atoms with van der Waals surface area (Å²) in [7, 11) is 3.23. The summed E-state index contributed by atoms with van der Waals surface area (Å²) in [4.78, 5) is 26.3. The molecule has 64 heavy (non-hydrogen) atoms. The van der Waals surface area contributed by atoms with E-state index in [1.165, 1.54) is 4.90 Å². The molecule has 7 aromatic carbocycles. The van der Waals surface area contributed by atoms with E-state index in [0.717, 1.165) is 40.2 Å². The fourth-order valence-corrected chi connectivity index (χ4v) is 7.74. The van der Waals surface area contributed by atoms with Crippen molar-refractivity contribution in [2.45, 2.75) is 24.0 Å². The van der Waals surface area contributed by atoms with Crippen molar-refractivity contribution in [2.24, 2.45) is 5.73 Å². The minimum absolute atomic E-state index is 0.260. The molecule has 1 heterocycles. The number of hydrogen-bond acceptors (Lipinski definition) is 9. The topological polar surface area (TPSA) is 141 Å². The lowest BCUT2D eigenvalue weighted by atomic mass is 9.80. The van der Waals surface area contributed by atoms with Crippen molar-refractivity contribution < 1.29 is 38.7 Å². The molecule has 0 saturated heterocycles. The Balaban J connectivity index is 0.000000201. The molecule has 0 radical (unpaired) electrons. The number of imide groups is 1. The first-order valence-electron chi connectivity index (χ1n) is 21.2. The smallest absolute Gasteiger partial charge is 0.261 e. The summed E-state index contributed by atoms with van der Waals surface area (Å²) in [5.74, 6) is 2.34. The van der Waals surface area contributed by atoms with Gasteiger partial charge in [-0.3, -0.25) is 14.5 Å². The second-order valence-corrected chi connectivity index (χ2v) is 15.2. The number of methoxy groups -OCH3 is 2. The van der Waals surface area contributed by atoms with Gasteiger partial charge >= 0.3 is 0 Å². The van der Waals surface area contributed by atoms with E-state index in [2.05, 4.69) is 0 Å². The number of fused-ring (bicyclic) bond motifs is 1. The van der Waals surface area contributed by atoms with Gasteiger partial charge in [-0.25, -0.2) is 0 Å². The molecular weight excluding hydrogens is 805 g/mol. The van der Waals surface area contributed by atoms with Crippen LogP contribution >= 0.6 is 0 Å². The van der Waals surface area contributed by atoms with E-state index in [9.17, 15) is 19.8 Å². The van der Waals surface area contributed by atoms with Gasteiger partial charge in [-0.05, 0) is 113 Å². The molecule has 10 heteroatoms. The average Bonchev–Trinajstić information content (AvgIpc) is 3.60. The van der Waals surface area contributed by atoms with Crippen molar-refractivity contribution in [1.29, 1.82) is 0 Å². The van der Waals surface area contributed by atoms with E-state index in [1.807, 2.05) is 158 Å². The minimum atomic E-state index is -1.36. The fraction of sp³-hybridized carbons (Fsp3) is 0.185. The molecule has 8 rings (SSSR count). The Morgan fingerprint density at radius 2 is 0.750 bits per heavy atom. The number of ether oxygens (including phenoxy) is 4. The van der Waals surface area contributed by atoms with Crippen LogP contribution in [0, 0.1) is 0 Å². The van der Waals surface area contributed by atoms with Crippen molar-refractivity contribution in [3.63, 3.8) is 0 Å². The van der Waals surface area contributed by atoms with Gasteiger partial charge in [0.05, 0.1) is 38.6 Å². The van der Waals surface area contributed by atoms with Crippen LogP contribution in [0.2, 0.25) is 0 Å². The van der Waals surface area contributed by atoms with Crippen LogP contribution in [0.1, 0.15) is 66.9 Å². The average molecular weight is 857 g/mol. The molecule has 0 spiro atoms. The second-order valence-electron chi connectivity index (χ2n) is 15.2. The zero-order valence-electron chi connectivity index (χ0n) is 35.9. The molecule has 2 amide bonds. The van der Waals surface area contributed by atoms with E-state index < -0.39 is 11.2 Å². The van der Waals surface area contributed by atoms with Gasteiger partial charge in [-0.1, -0.05) is 121 Å². The summed E-state index contributed by atoms with van der Waals surface area (Å²) in [5.41, 5.74) is 8.26. The van der Waals surface area contributed by atoms with Gasteiger partial charge in [0.1, 0.15) is 34.2 Å². The molecule has 0 aromatic heterocycles. The van der Waals surface area contributed by atoms with Crippen LogP contribution in [-0.2, 0) is 11.2 Å². The SMILES string of the molecule is COc1ccc(C(O)(c2ccccc2)c2ccc(OCCCN)cc2)cc1.COc1ccc(C(O)(c2ccccc2)c2ccc(OCCCN3C(=O)c4ccccc4C3=O)cc2)cc1. The van der Waals surface area contributed by atoms with Crippen molar-refractivity contribution >= 4 is 11.8 Å². The van der Waals surface area contributed by atoms with Crippen molar-refractivity contribution in [3.05, 3.63) is 226 Å². The second kappa shape index (κ2) is 20.8. The van der Waals surface area contributed by atoms with Gasteiger partial charge in [0, 0.05) is 6.54 Å². The fourth-order valence-electron chi connectivity index (χ4n) is 7.74. The number of rotatable bonds is 17. The van der Waals surface area contributed by atoms with Gasteiger partial charge in [-0.15, -0.1) is 0 Å². The Morgan fingerprint density at radius 1 is 0.438 bits per heavy atom. The summed E-state index contributed by atoms with van der Waals surface area (Å²) in [5, 5.41) is 23.8. The van der Waals surface area contributed by atoms with Gasteiger partial charge < -0.3 is 34.9 Å². The number of carbonyl (C=O) groups excluding carboxylic acids is 2. The summed E-state index contributed by atoms with van der Waals surface area (Å²) in [6.07, 6.45) is 1.31. The van der Waals surface area contributed by atoms with Crippen molar-refractivity contribution in [2.75, 3.05) is 40.5 Å². The molecule has 2 unspecified atom stereocenters. The third kappa shape index (κ3) is 9.70. The summed E-state index contributed by atoms with van der Waals surface area (Å²) in [6.45, 7) is 1.81. The van der Waals surface area contributed by atoms with Gasteiger partial charge in [0.15, 0.2) is 0 Å². The third-order valence-electron chi connectivity index (χ3n) is 11.2. The molecule has 0 saturated carbocycles. The number of hydrogen-bond donors (Lipinski definition) is 3. The lowest BCUT2D eigenvalue weighted by molar-refractivity contribution is 0.0646. The van der Waals surface area contributed by atoms with Crippen LogP contribution in [0.5, 0.6) is 23.0 Å². The predicted octanol–water partition coefficient (Wildman–Crippen LogP) is 8.75. The Hall–Kier alpha value is -7.24. The Kier molecular flexibility index (Phi) is 14.5. The summed E-state index contributed by atoms with van der Waals surface area (Å²) in [6, 6.07) is 55.7. The minimum Gasteiger partial charge on any atom is -0.497 e. The maximum Gasteiger partial charge on any atom is 0.261 e. The highest BCUT2D eigenvalue weighted by atomic mass is 16.5. The Labute approximate surface area is 374 Å². The monoisotopic (exact) mass is 856 g/mol. The summed E-state index contributed by atoms with van der Waals surface area (Å²) < 4.78 is 22.1. The maximum absolute atomic E-state index is 12.5. The lowest BCUT2D eigenvalue weighted by Crippen LogP contribution is -2.31. The molecule has 10 nitrogen and oxygen atoms in total. The quantitative estimate of drug-likeness (QED) is 0.0466. The molecule has 0 aliphatic carbocycles. The standard InChI is InChI=1S/C31H27NO5.C23H25NO3/c1-36-25-16-12-23(13-17-25)31(35,22-8-3-2-4-9-22)24-14-18-26(19-15-24)37-21-7-20-32-29(33)27-10-5-6-11-28(27)30(32)34;1-26-21-12-8-19(9-13-21)23(25,18-6-3-2-4-7-18)20-10-14-22(15-11-20)27-17-5-16-24/h2-6,8-19,35H,7,20-21H2,1H3;2-4,6-15,25H,5,16-17,24H2,1H3. The highest BCUT2D eigenvalue weighted by Gasteiger charge is 2.36. The maximum atomic E-state index is 12.5. The summed E-state index contributed by atoms with van der Waals surface area (Å²) >= 11 is 0. The van der Waals surface area contributed by atoms with Crippen LogP contribution in [-0.4, -0.2) is 67.5 Å². The van der Waals surface area contributed by atoms with Crippen LogP contribution in [0.25, 0.3) is 0 Å². The molecule has 2 atom stereocenters. The Morgan fingerprint density at radius 3 is 1.09 bits per heavy atom. The first-order chi connectivity index (χ1) is 31.2. The zero-order valence-corrected chi connectivity index (χ0v) is 35.9. The molecule has 1 aliphatic rings. The molecule has 0 fully saturated rings. The molecular formula is C54H52N2O8. The van der Waals surface area contributed by atoms with E-state index in [1.54, 1.807) is 38.5 Å². The first-order valence-corrected chi connectivity index (χ1v) is 21.2. The first kappa shape index (κ1) is 44.8. The highest BCUT2D eigenvalue weighted by Crippen LogP contribution is 2.39. The number of carbonyl (C=O) groups is 2. The van der Waals surface area contributed by atoms with Crippen molar-refractivity contribution in [3.8, 4) is 23.0 Å². The molecule has 0 bridgehead atoms. The number of nitrogens with zero attached hydrogens (tertiary/aromatic N) is 1. The number of benzene rings is 7. The zero-order chi connectivity index (χ0) is 44.9. The van der Waals surface area contributed by atoms with Gasteiger partial charge in [-0.2, -0.15) is 0 Å². The van der Waals surface area contributed by atoms with Gasteiger partial charge in [0.2, 0.25) is 0 Å². The van der Waals surface area contributed by atoms with E-state index in [4.69, 9.17) is 24.7 Å². The normalized spacial score (nSPS) is 13.7. The molecule has 326 valence electrons. The Bertz CT molecular complexity index is 2550. The predicted molar refractivity (Wildman–Crippen MR) is 247 cm³/mol. The molecule has 1 aliphatic heterocycles. The molecule has 7 aromatic rings. The van der Waals surface area contributed by atoms with Crippen LogP contribution < -0.4 is 24.7 Å². The third-order valence-corrected chi connectivity index (χ3v) is 11.2. The van der Waals surface area contributed by atoms with Crippen LogP contribution in [0.4, 0.5) is 0 Å². The number of aliphatic hydroxyl groups is 2. The van der Waals surface area contributed by atoms with E-state index >= 15 is 0 Å². The van der Waals surface area contributed by atoms with Crippen LogP contribution in [0.15, 0.2) is 182 Å². The van der Waals surface area contributed by atoms with Crippen molar-refractivity contribution in [1.82, 2.24) is 4.90 Å². The largest absolute Gasteiger partial charge is 0.497 e. The van der Waals surface area contributed by atoms with Crippen LogP contribution in [0.3, 0.4) is 0 Å². The lowest BCUT2D eigenvalue weighted by Gasteiger charge is -2.30. The highest BCUT2D eigenvalue weighted by molar-refractivity contribution is 6.21.